The van der Waals surface area contributed by atoms with Gasteiger partial charge in [-0.1, -0.05) is 54.1 Å². The van der Waals surface area contributed by atoms with E-state index in [4.69, 9.17) is 11.6 Å². The van der Waals surface area contributed by atoms with E-state index in [9.17, 15) is 4.79 Å². The van der Waals surface area contributed by atoms with Gasteiger partial charge in [0.25, 0.3) is 5.91 Å². The average Bonchev–Trinajstić information content (AvgIpc) is 3.11. The Hall–Kier alpha value is -2.10. The third-order valence-electron chi connectivity index (χ3n) is 4.03. The fourth-order valence-electron chi connectivity index (χ4n) is 2.65. The molecule has 0 aliphatic carbocycles. The molecule has 25 heavy (non-hydrogen) atoms. The van der Waals surface area contributed by atoms with Gasteiger partial charge in [-0.25, -0.2) is 0 Å². The lowest BCUT2D eigenvalue weighted by Gasteiger charge is -2.13. The van der Waals surface area contributed by atoms with Crippen LogP contribution in [0.15, 0.2) is 66.7 Å². The van der Waals surface area contributed by atoms with E-state index in [-0.39, 0.29) is 11.9 Å². The molecule has 0 fully saturated rings. The lowest BCUT2D eigenvalue weighted by atomic mass is 10.1. The number of hydrogen-bond acceptors (Lipinski definition) is 2. The van der Waals surface area contributed by atoms with Crippen LogP contribution in [0.25, 0.3) is 10.4 Å². The molecular formula is C21H20ClNOS. The molecule has 0 saturated carbocycles. The van der Waals surface area contributed by atoms with Gasteiger partial charge >= 0.3 is 0 Å². The number of thiophene rings is 1. The van der Waals surface area contributed by atoms with Crippen molar-refractivity contribution in [1.29, 1.82) is 0 Å². The number of carbonyl (C=O) groups excluding carboxylic acids is 1. The van der Waals surface area contributed by atoms with E-state index in [1.807, 2.05) is 61.5 Å². The minimum atomic E-state index is -0.0150. The summed E-state index contributed by atoms with van der Waals surface area (Å²) in [4.78, 5) is 14.2. The van der Waals surface area contributed by atoms with Gasteiger partial charge in [0.15, 0.2) is 0 Å². The zero-order valence-electron chi connectivity index (χ0n) is 14.0. The van der Waals surface area contributed by atoms with Crippen molar-refractivity contribution in [2.24, 2.45) is 0 Å². The van der Waals surface area contributed by atoms with Gasteiger partial charge in [0.05, 0.1) is 4.88 Å². The summed E-state index contributed by atoms with van der Waals surface area (Å²) in [6.07, 6.45) is 1.88. The molecule has 1 aromatic heterocycles. The Morgan fingerprint density at radius 1 is 1.08 bits per heavy atom. The Balaban J connectivity index is 1.58. The highest BCUT2D eigenvalue weighted by Gasteiger charge is 2.13. The van der Waals surface area contributed by atoms with Gasteiger partial charge in [-0.15, -0.1) is 11.3 Å². The first-order chi connectivity index (χ1) is 12.1. The van der Waals surface area contributed by atoms with Gasteiger partial charge in [0, 0.05) is 15.9 Å². The van der Waals surface area contributed by atoms with Crippen molar-refractivity contribution in [2.75, 3.05) is 0 Å². The molecule has 1 heterocycles. The summed E-state index contributed by atoms with van der Waals surface area (Å²) in [6, 6.07) is 22.0. The second-order valence-corrected chi connectivity index (χ2v) is 7.59. The summed E-state index contributed by atoms with van der Waals surface area (Å²) in [5.41, 5.74) is 2.33. The predicted octanol–water partition coefficient (Wildman–Crippen LogP) is 5.82. The standard InChI is InChI=1S/C21H20ClNOS/c1-15(10-11-16-6-3-2-4-7-16)23-21(24)20-13-12-19(25-20)17-8-5-9-18(22)14-17/h2-9,12-15H,10-11H2,1H3,(H,23,24)/t15-/m1/s1. The number of rotatable bonds is 6. The lowest BCUT2D eigenvalue weighted by Crippen LogP contribution is -2.32. The molecule has 4 heteroatoms. The monoisotopic (exact) mass is 369 g/mol. The van der Waals surface area contributed by atoms with Crippen LogP contribution in [-0.2, 0) is 6.42 Å². The van der Waals surface area contributed by atoms with Crippen LogP contribution in [0.1, 0.15) is 28.6 Å². The van der Waals surface area contributed by atoms with Crippen LogP contribution in [0.2, 0.25) is 5.02 Å². The molecule has 1 amide bonds. The quantitative estimate of drug-likeness (QED) is 0.582. The highest BCUT2D eigenvalue weighted by molar-refractivity contribution is 7.17. The Bertz CT molecular complexity index is 844. The summed E-state index contributed by atoms with van der Waals surface area (Å²) in [5.74, 6) is -0.0150. The van der Waals surface area contributed by atoms with E-state index < -0.39 is 0 Å². The molecule has 0 bridgehead atoms. The minimum Gasteiger partial charge on any atom is -0.349 e. The van der Waals surface area contributed by atoms with Crippen LogP contribution >= 0.6 is 22.9 Å². The van der Waals surface area contributed by atoms with Crippen LogP contribution < -0.4 is 5.32 Å². The number of carbonyl (C=O) groups is 1. The third-order valence-corrected chi connectivity index (χ3v) is 5.39. The molecule has 0 spiro atoms. The SMILES string of the molecule is C[C@H](CCc1ccccc1)NC(=O)c1ccc(-c2cccc(Cl)c2)s1. The molecule has 2 aromatic carbocycles. The van der Waals surface area contributed by atoms with E-state index in [0.29, 0.717) is 5.02 Å². The van der Waals surface area contributed by atoms with Gasteiger partial charge in [0.2, 0.25) is 0 Å². The van der Waals surface area contributed by atoms with E-state index in [2.05, 4.69) is 17.4 Å². The van der Waals surface area contributed by atoms with Crippen molar-refractivity contribution in [3.8, 4) is 10.4 Å². The normalized spacial score (nSPS) is 11.9. The van der Waals surface area contributed by atoms with Crippen molar-refractivity contribution in [3.05, 3.63) is 82.2 Å². The number of benzene rings is 2. The van der Waals surface area contributed by atoms with Gasteiger partial charge in [0.1, 0.15) is 0 Å². The first-order valence-electron chi connectivity index (χ1n) is 8.32. The Kier molecular flexibility index (Phi) is 5.90. The molecule has 3 aromatic rings. The topological polar surface area (TPSA) is 29.1 Å². The molecule has 0 saturated heterocycles. The van der Waals surface area contributed by atoms with Crippen LogP contribution in [-0.4, -0.2) is 11.9 Å². The molecule has 1 N–H and O–H groups in total. The molecule has 1 atom stereocenters. The zero-order valence-corrected chi connectivity index (χ0v) is 15.6. The van der Waals surface area contributed by atoms with Crippen molar-refractivity contribution in [1.82, 2.24) is 5.32 Å². The summed E-state index contributed by atoms with van der Waals surface area (Å²) in [7, 11) is 0. The largest absolute Gasteiger partial charge is 0.349 e. The van der Waals surface area contributed by atoms with Crippen molar-refractivity contribution in [2.45, 2.75) is 25.8 Å². The molecule has 0 unspecified atom stereocenters. The van der Waals surface area contributed by atoms with Crippen LogP contribution in [0.3, 0.4) is 0 Å². The highest BCUT2D eigenvalue weighted by Crippen LogP contribution is 2.29. The first-order valence-corrected chi connectivity index (χ1v) is 9.52. The van der Waals surface area contributed by atoms with Crippen LogP contribution in [0.5, 0.6) is 0 Å². The molecule has 3 rings (SSSR count). The van der Waals surface area contributed by atoms with Crippen LogP contribution in [0.4, 0.5) is 0 Å². The summed E-state index contributed by atoms with van der Waals surface area (Å²) >= 11 is 7.53. The summed E-state index contributed by atoms with van der Waals surface area (Å²) < 4.78 is 0. The van der Waals surface area contributed by atoms with Gasteiger partial charge in [-0.3, -0.25) is 4.79 Å². The average molecular weight is 370 g/mol. The minimum absolute atomic E-state index is 0.0150. The molecular weight excluding hydrogens is 350 g/mol. The number of nitrogens with one attached hydrogen (secondary N) is 1. The first kappa shape index (κ1) is 17.7. The van der Waals surface area contributed by atoms with Gasteiger partial charge < -0.3 is 5.32 Å². The lowest BCUT2D eigenvalue weighted by molar-refractivity contribution is 0.0942. The third kappa shape index (κ3) is 4.94. The number of aryl methyl sites for hydroxylation is 1. The number of halogens is 1. The molecule has 2 nitrogen and oxygen atoms in total. The molecule has 0 aliphatic heterocycles. The molecule has 0 aliphatic rings. The predicted molar refractivity (Wildman–Crippen MR) is 106 cm³/mol. The maximum atomic E-state index is 12.5. The van der Waals surface area contributed by atoms with Crippen LogP contribution in [0, 0.1) is 0 Å². The Morgan fingerprint density at radius 2 is 1.88 bits per heavy atom. The van der Waals surface area contributed by atoms with E-state index in [1.54, 1.807) is 0 Å². The van der Waals surface area contributed by atoms with E-state index in [0.717, 1.165) is 28.2 Å². The Labute approximate surface area is 157 Å². The fourth-order valence-corrected chi connectivity index (χ4v) is 3.75. The van der Waals surface area contributed by atoms with Gasteiger partial charge in [-0.05, 0) is 55.2 Å². The van der Waals surface area contributed by atoms with Crippen molar-refractivity contribution >= 4 is 28.8 Å². The van der Waals surface area contributed by atoms with Crippen molar-refractivity contribution < 1.29 is 4.79 Å². The number of hydrogen-bond donors (Lipinski definition) is 1. The maximum absolute atomic E-state index is 12.5. The zero-order chi connectivity index (χ0) is 17.6. The smallest absolute Gasteiger partial charge is 0.261 e. The Morgan fingerprint density at radius 3 is 2.64 bits per heavy atom. The van der Waals surface area contributed by atoms with E-state index in [1.165, 1.54) is 16.9 Å². The fraction of sp³-hybridized carbons (Fsp3) is 0.190. The summed E-state index contributed by atoms with van der Waals surface area (Å²) in [6.45, 7) is 2.05. The highest BCUT2D eigenvalue weighted by atomic mass is 35.5. The maximum Gasteiger partial charge on any atom is 0.261 e. The number of amides is 1. The van der Waals surface area contributed by atoms with Crippen molar-refractivity contribution in [3.63, 3.8) is 0 Å². The second-order valence-electron chi connectivity index (χ2n) is 6.07. The molecule has 0 radical (unpaired) electrons. The molecule has 128 valence electrons. The van der Waals surface area contributed by atoms with Gasteiger partial charge in [-0.2, -0.15) is 0 Å². The summed E-state index contributed by atoms with van der Waals surface area (Å²) in [5, 5.41) is 3.79. The second kappa shape index (κ2) is 8.32. The van der Waals surface area contributed by atoms with E-state index >= 15 is 0 Å².